The van der Waals surface area contributed by atoms with Gasteiger partial charge in [-0.3, -0.25) is 0 Å². The van der Waals surface area contributed by atoms with Crippen LogP contribution in [0.25, 0.3) is 0 Å². The summed E-state index contributed by atoms with van der Waals surface area (Å²) in [5.74, 6) is 0. The van der Waals surface area contributed by atoms with Crippen molar-refractivity contribution in [2.45, 2.75) is 26.6 Å². The highest BCUT2D eigenvalue weighted by atomic mass is 32.1. The Morgan fingerprint density at radius 1 is 1.73 bits per heavy atom. The topological polar surface area (TPSA) is 48.1 Å². The minimum atomic E-state index is 0.250. The summed E-state index contributed by atoms with van der Waals surface area (Å²) >= 11 is 1.47. The molecule has 2 N–H and O–H groups in total. The summed E-state index contributed by atoms with van der Waals surface area (Å²) in [5, 5.41) is 1.68. The van der Waals surface area contributed by atoms with Gasteiger partial charge in [-0.05, 0) is 13.8 Å². The van der Waals surface area contributed by atoms with Crippen LogP contribution in [0.5, 0.6) is 0 Å². The molecule has 0 atom stereocenters. The van der Waals surface area contributed by atoms with Gasteiger partial charge in [0.2, 0.25) is 0 Å². The van der Waals surface area contributed by atoms with E-state index in [0.717, 1.165) is 10.0 Å². The number of nitrogens with two attached hydrogens (primary N) is 1. The van der Waals surface area contributed by atoms with E-state index in [9.17, 15) is 0 Å². The highest BCUT2D eigenvalue weighted by molar-refractivity contribution is 7.15. The summed E-state index contributed by atoms with van der Waals surface area (Å²) in [7, 11) is 0. The lowest BCUT2D eigenvalue weighted by Crippen LogP contribution is -2.01. The van der Waals surface area contributed by atoms with Crippen LogP contribution >= 0.6 is 11.3 Å². The molecule has 0 amide bonds. The van der Waals surface area contributed by atoms with E-state index in [2.05, 4.69) is 4.98 Å². The second kappa shape index (κ2) is 3.69. The van der Waals surface area contributed by atoms with E-state index in [4.69, 9.17) is 10.5 Å². The molecule has 0 radical (unpaired) electrons. The maximum atomic E-state index is 5.49. The first-order valence-electron chi connectivity index (χ1n) is 3.50. The highest BCUT2D eigenvalue weighted by Crippen LogP contribution is 2.15. The molecule has 1 aromatic heterocycles. The molecular formula is C7H12N2OS. The average molecular weight is 172 g/mol. The zero-order valence-electron chi connectivity index (χ0n) is 6.70. The smallest absolute Gasteiger partial charge is 0.120 e. The number of aromatic nitrogens is 1. The van der Waals surface area contributed by atoms with Gasteiger partial charge in [0.15, 0.2) is 0 Å². The monoisotopic (exact) mass is 172 g/mol. The second-order valence-corrected chi connectivity index (χ2v) is 3.66. The second-order valence-electron chi connectivity index (χ2n) is 2.52. The van der Waals surface area contributed by atoms with Crippen molar-refractivity contribution >= 4 is 16.3 Å². The summed E-state index contributed by atoms with van der Waals surface area (Å²) in [5.41, 5.74) is 5.49. The van der Waals surface area contributed by atoms with E-state index in [0.29, 0.717) is 6.61 Å². The van der Waals surface area contributed by atoms with E-state index >= 15 is 0 Å². The lowest BCUT2D eigenvalue weighted by Gasteiger charge is -2.03. The van der Waals surface area contributed by atoms with Crippen LogP contribution in [0.1, 0.15) is 18.9 Å². The van der Waals surface area contributed by atoms with Crippen LogP contribution in [-0.2, 0) is 11.3 Å². The number of anilines is 1. The predicted molar refractivity (Wildman–Crippen MR) is 46.5 cm³/mol. The molecule has 0 bridgehead atoms. The van der Waals surface area contributed by atoms with Crippen molar-refractivity contribution < 1.29 is 4.74 Å². The van der Waals surface area contributed by atoms with Gasteiger partial charge in [-0.1, -0.05) is 11.3 Å². The fourth-order valence-electron chi connectivity index (χ4n) is 0.629. The molecule has 0 unspecified atom stereocenters. The summed E-state index contributed by atoms with van der Waals surface area (Å²) in [6.45, 7) is 4.56. The Morgan fingerprint density at radius 3 is 2.91 bits per heavy atom. The lowest BCUT2D eigenvalue weighted by molar-refractivity contribution is 0.0656. The molecule has 1 heterocycles. The van der Waals surface area contributed by atoms with Crippen LogP contribution in [0, 0.1) is 0 Å². The van der Waals surface area contributed by atoms with Gasteiger partial charge in [0.1, 0.15) is 10.0 Å². The van der Waals surface area contributed by atoms with E-state index in [1.54, 1.807) is 6.20 Å². The third kappa shape index (κ3) is 2.86. The number of ether oxygens (including phenoxy) is 1. The van der Waals surface area contributed by atoms with Crippen molar-refractivity contribution in [3.63, 3.8) is 0 Å². The van der Waals surface area contributed by atoms with Crippen LogP contribution in [0.4, 0.5) is 5.00 Å². The number of nitrogen functional groups attached to an aromatic ring is 1. The number of thiazole rings is 1. The quantitative estimate of drug-likeness (QED) is 0.754. The molecule has 4 heteroatoms. The Morgan fingerprint density at radius 2 is 2.45 bits per heavy atom. The first kappa shape index (κ1) is 8.49. The molecule has 11 heavy (non-hydrogen) atoms. The fraction of sp³-hybridized carbons (Fsp3) is 0.571. The van der Waals surface area contributed by atoms with Crippen molar-refractivity contribution in [2.24, 2.45) is 0 Å². The zero-order valence-corrected chi connectivity index (χ0v) is 7.52. The van der Waals surface area contributed by atoms with E-state index in [1.807, 2.05) is 13.8 Å². The molecule has 62 valence electrons. The van der Waals surface area contributed by atoms with Gasteiger partial charge < -0.3 is 10.5 Å². The summed E-state index contributed by atoms with van der Waals surface area (Å²) in [6.07, 6.45) is 1.91. The summed E-state index contributed by atoms with van der Waals surface area (Å²) in [6, 6.07) is 0. The van der Waals surface area contributed by atoms with Crippen LogP contribution < -0.4 is 5.73 Å². The Kier molecular flexibility index (Phi) is 2.84. The van der Waals surface area contributed by atoms with Gasteiger partial charge in [-0.15, -0.1) is 0 Å². The maximum Gasteiger partial charge on any atom is 0.120 e. The molecule has 3 nitrogen and oxygen atoms in total. The predicted octanol–water partition coefficient (Wildman–Crippen LogP) is 1.65. The van der Waals surface area contributed by atoms with Crippen molar-refractivity contribution in [2.75, 3.05) is 5.73 Å². The van der Waals surface area contributed by atoms with Crippen molar-refractivity contribution in [3.05, 3.63) is 11.2 Å². The Bertz CT molecular complexity index is 222. The Labute approximate surface area is 70.2 Å². The van der Waals surface area contributed by atoms with Crippen LogP contribution in [0.2, 0.25) is 0 Å². The average Bonchev–Trinajstić information content (AvgIpc) is 2.31. The molecule has 0 saturated carbocycles. The van der Waals surface area contributed by atoms with Gasteiger partial charge in [-0.2, -0.15) is 0 Å². The van der Waals surface area contributed by atoms with E-state index < -0.39 is 0 Å². The molecule has 0 aliphatic carbocycles. The third-order valence-corrected chi connectivity index (χ3v) is 1.91. The largest absolute Gasteiger partial charge is 0.389 e. The van der Waals surface area contributed by atoms with Gasteiger partial charge >= 0.3 is 0 Å². The number of rotatable bonds is 3. The van der Waals surface area contributed by atoms with Crippen molar-refractivity contribution in [3.8, 4) is 0 Å². The minimum Gasteiger partial charge on any atom is -0.389 e. The molecule has 1 rings (SSSR count). The SMILES string of the molecule is CC(C)OCc1ncc(N)s1. The zero-order chi connectivity index (χ0) is 8.27. The van der Waals surface area contributed by atoms with Gasteiger partial charge in [-0.25, -0.2) is 4.98 Å². The molecular weight excluding hydrogens is 160 g/mol. The molecule has 0 spiro atoms. The maximum absolute atomic E-state index is 5.49. The number of hydrogen-bond acceptors (Lipinski definition) is 4. The Balaban J connectivity index is 2.39. The fourth-order valence-corrected chi connectivity index (χ4v) is 1.24. The van der Waals surface area contributed by atoms with Gasteiger partial charge in [0.25, 0.3) is 0 Å². The molecule has 1 aromatic rings. The lowest BCUT2D eigenvalue weighted by atomic mass is 10.5. The first-order chi connectivity index (χ1) is 5.18. The standard InChI is InChI=1S/C7H12N2OS/c1-5(2)10-4-7-9-3-6(8)11-7/h3,5H,4,8H2,1-2H3. The molecule has 0 saturated heterocycles. The minimum absolute atomic E-state index is 0.250. The van der Waals surface area contributed by atoms with Crippen molar-refractivity contribution in [1.82, 2.24) is 4.98 Å². The molecule has 0 fully saturated rings. The van der Waals surface area contributed by atoms with E-state index in [1.165, 1.54) is 11.3 Å². The van der Waals surface area contributed by atoms with Gasteiger partial charge in [0, 0.05) is 0 Å². The van der Waals surface area contributed by atoms with Gasteiger partial charge in [0.05, 0.1) is 18.9 Å². The summed E-state index contributed by atoms with van der Waals surface area (Å²) < 4.78 is 5.33. The van der Waals surface area contributed by atoms with Crippen LogP contribution in [-0.4, -0.2) is 11.1 Å². The highest BCUT2D eigenvalue weighted by Gasteiger charge is 1.99. The van der Waals surface area contributed by atoms with Crippen LogP contribution in [0.15, 0.2) is 6.20 Å². The van der Waals surface area contributed by atoms with E-state index in [-0.39, 0.29) is 6.10 Å². The van der Waals surface area contributed by atoms with Crippen LogP contribution in [0.3, 0.4) is 0 Å². The molecule has 0 aliphatic rings. The number of hydrogen-bond donors (Lipinski definition) is 1. The summed E-state index contributed by atoms with van der Waals surface area (Å²) in [4.78, 5) is 4.06. The Hall–Kier alpha value is -0.610. The molecule has 0 aliphatic heterocycles. The third-order valence-electron chi connectivity index (χ3n) is 1.11. The first-order valence-corrected chi connectivity index (χ1v) is 4.32. The normalized spacial score (nSPS) is 10.8. The number of nitrogens with zero attached hydrogens (tertiary/aromatic N) is 1. The molecule has 0 aromatic carbocycles. The van der Waals surface area contributed by atoms with Crippen molar-refractivity contribution in [1.29, 1.82) is 0 Å².